The van der Waals surface area contributed by atoms with E-state index in [1.807, 2.05) is 32.0 Å². The van der Waals surface area contributed by atoms with E-state index in [1.165, 1.54) is 18.2 Å². The molecule has 0 bridgehead atoms. The van der Waals surface area contributed by atoms with Gasteiger partial charge in [-0.1, -0.05) is 29.3 Å². The fourth-order valence-corrected chi connectivity index (χ4v) is 4.65. The molecule has 1 unspecified atom stereocenters. The highest BCUT2D eigenvalue weighted by molar-refractivity contribution is 6.05. The van der Waals surface area contributed by atoms with Crippen LogP contribution in [0.2, 0.25) is 0 Å². The van der Waals surface area contributed by atoms with E-state index in [9.17, 15) is 27.6 Å². The smallest absolute Gasteiger partial charge is 0.336 e. The molecule has 2 aliphatic heterocycles. The summed E-state index contributed by atoms with van der Waals surface area (Å²) in [6, 6.07) is 9.37. The number of alkyl halides is 3. The highest BCUT2D eigenvalue weighted by Crippen LogP contribution is 2.37. The van der Waals surface area contributed by atoms with Gasteiger partial charge in [0, 0.05) is 31.7 Å². The third-order valence-corrected chi connectivity index (χ3v) is 6.26. The fraction of sp³-hybridized carbons (Fsp3) is 0.400. The zero-order chi connectivity index (χ0) is 25.3. The van der Waals surface area contributed by atoms with Crippen LogP contribution in [-0.4, -0.2) is 72.5 Å². The molecular weight excluding hydrogens is 461 g/mol. The van der Waals surface area contributed by atoms with Gasteiger partial charge in [0.25, 0.3) is 5.91 Å². The minimum absolute atomic E-state index is 0.0225. The Morgan fingerprint density at radius 2 is 1.63 bits per heavy atom. The van der Waals surface area contributed by atoms with E-state index in [4.69, 9.17) is 0 Å². The number of halogens is 3. The maximum Gasteiger partial charge on any atom is 0.409 e. The molecule has 0 saturated carbocycles. The summed E-state index contributed by atoms with van der Waals surface area (Å²) in [5, 5.41) is 2.46. The summed E-state index contributed by atoms with van der Waals surface area (Å²) in [6.07, 6.45) is -5.65. The Bertz CT molecular complexity index is 1120. The number of carbonyl (C=O) groups excluding carboxylic acids is 3. The van der Waals surface area contributed by atoms with E-state index in [2.05, 4.69) is 5.32 Å². The molecule has 1 saturated heterocycles. The van der Waals surface area contributed by atoms with E-state index < -0.39 is 30.5 Å². The van der Waals surface area contributed by atoms with Crippen molar-refractivity contribution < 1.29 is 27.6 Å². The lowest BCUT2D eigenvalue weighted by Crippen LogP contribution is -2.55. The Morgan fingerprint density at radius 3 is 2.26 bits per heavy atom. The maximum absolute atomic E-state index is 13.9. The standard InChI is InChI=1S/C25H27F3N4O3/c1-16-11-17(2)13-18(12-16)24(35)31-9-7-30(8-10-31)15-23(34)32-20-6-4-3-5-19(20)29-22(33)14-21(32)25(26,27)28/h3-6,11-13,21H,7-10,14-15H2,1-2H3,(H,29,33). The van der Waals surface area contributed by atoms with Crippen molar-refractivity contribution in [2.24, 2.45) is 0 Å². The molecule has 10 heteroatoms. The average molecular weight is 489 g/mol. The summed E-state index contributed by atoms with van der Waals surface area (Å²) < 4.78 is 41.7. The monoisotopic (exact) mass is 488 g/mol. The van der Waals surface area contributed by atoms with Crippen molar-refractivity contribution in [1.29, 1.82) is 0 Å². The molecule has 1 N–H and O–H groups in total. The number of carbonyl (C=O) groups is 3. The molecule has 1 atom stereocenters. The van der Waals surface area contributed by atoms with Gasteiger partial charge in [-0.15, -0.1) is 0 Å². The molecule has 2 aliphatic rings. The molecular formula is C25H27F3N4O3. The average Bonchev–Trinajstić information content (AvgIpc) is 2.94. The van der Waals surface area contributed by atoms with Crippen LogP contribution in [0.4, 0.5) is 24.5 Å². The molecule has 0 aromatic heterocycles. The van der Waals surface area contributed by atoms with Crippen LogP contribution in [0.1, 0.15) is 27.9 Å². The lowest BCUT2D eigenvalue weighted by Gasteiger charge is -2.37. The lowest BCUT2D eigenvalue weighted by atomic mass is 10.1. The van der Waals surface area contributed by atoms with Crippen LogP contribution < -0.4 is 10.2 Å². The predicted octanol–water partition coefficient (Wildman–Crippen LogP) is 3.37. The number of nitrogens with zero attached hydrogens (tertiary/aromatic N) is 3. The Morgan fingerprint density at radius 1 is 1.00 bits per heavy atom. The lowest BCUT2D eigenvalue weighted by molar-refractivity contribution is -0.158. The number of para-hydroxylation sites is 2. The van der Waals surface area contributed by atoms with Crippen LogP contribution in [0, 0.1) is 13.8 Å². The number of amides is 3. The van der Waals surface area contributed by atoms with Crippen molar-refractivity contribution in [2.45, 2.75) is 32.5 Å². The Balaban J connectivity index is 1.47. The summed E-state index contributed by atoms with van der Waals surface area (Å²) in [4.78, 5) is 42.4. The number of aryl methyl sites for hydroxylation is 2. The van der Waals surface area contributed by atoms with Gasteiger partial charge in [0.15, 0.2) is 0 Å². The first kappa shape index (κ1) is 24.7. The molecule has 0 spiro atoms. The third kappa shape index (κ3) is 5.48. The highest BCUT2D eigenvalue weighted by atomic mass is 19.4. The minimum Gasteiger partial charge on any atom is -0.336 e. The van der Waals surface area contributed by atoms with E-state index in [0.717, 1.165) is 11.1 Å². The number of fused-ring (bicyclic) bond motifs is 1. The van der Waals surface area contributed by atoms with Crippen LogP contribution in [0.15, 0.2) is 42.5 Å². The molecule has 2 heterocycles. The molecule has 2 aromatic carbocycles. The summed E-state index contributed by atoms with van der Waals surface area (Å²) >= 11 is 0. The predicted molar refractivity (Wildman–Crippen MR) is 125 cm³/mol. The van der Waals surface area contributed by atoms with Gasteiger partial charge in [0.1, 0.15) is 6.04 Å². The molecule has 1 fully saturated rings. The van der Waals surface area contributed by atoms with Gasteiger partial charge in [0.05, 0.1) is 24.3 Å². The molecule has 4 rings (SSSR count). The van der Waals surface area contributed by atoms with Crippen molar-refractivity contribution in [2.75, 3.05) is 42.9 Å². The van der Waals surface area contributed by atoms with Gasteiger partial charge in [0.2, 0.25) is 11.8 Å². The molecule has 2 aromatic rings. The number of hydrogen-bond acceptors (Lipinski definition) is 4. The highest BCUT2D eigenvalue weighted by Gasteiger charge is 2.49. The van der Waals surface area contributed by atoms with Crippen LogP contribution >= 0.6 is 0 Å². The largest absolute Gasteiger partial charge is 0.409 e. The SMILES string of the molecule is Cc1cc(C)cc(C(=O)N2CCN(CC(=O)N3c4ccccc4NC(=O)CC3C(F)(F)F)CC2)c1. The molecule has 3 amide bonds. The van der Waals surface area contributed by atoms with Crippen molar-refractivity contribution in [3.63, 3.8) is 0 Å². The minimum atomic E-state index is -4.78. The Labute approximate surface area is 201 Å². The Kier molecular flexibility index (Phi) is 6.84. The van der Waals surface area contributed by atoms with Crippen molar-refractivity contribution in [3.8, 4) is 0 Å². The number of rotatable bonds is 3. The first-order valence-corrected chi connectivity index (χ1v) is 11.4. The zero-order valence-electron chi connectivity index (χ0n) is 19.6. The molecule has 35 heavy (non-hydrogen) atoms. The second kappa shape index (κ2) is 9.69. The van der Waals surface area contributed by atoms with Gasteiger partial charge in [-0.25, -0.2) is 0 Å². The van der Waals surface area contributed by atoms with Gasteiger partial charge in [-0.2, -0.15) is 13.2 Å². The number of nitrogens with one attached hydrogen (secondary N) is 1. The van der Waals surface area contributed by atoms with Crippen LogP contribution in [0.3, 0.4) is 0 Å². The third-order valence-electron chi connectivity index (χ3n) is 6.26. The molecule has 0 radical (unpaired) electrons. The topological polar surface area (TPSA) is 73.0 Å². The van der Waals surface area contributed by atoms with E-state index in [1.54, 1.807) is 15.9 Å². The first-order chi connectivity index (χ1) is 16.5. The summed E-state index contributed by atoms with van der Waals surface area (Å²) in [5.74, 6) is -1.65. The maximum atomic E-state index is 13.9. The second-order valence-corrected chi connectivity index (χ2v) is 9.04. The summed E-state index contributed by atoms with van der Waals surface area (Å²) in [6.45, 7) is 5.02. The zero-order valence-corrected chi connectivity index (χ0v) is 19.6. The number of anilines is 2. The van der Waals surface area contributed by atoms with Gasteiger partial charge >= 0.3 is 6.18 Å². The number of benzene rings is 2. The number of hydrogen-bond donors (Lipinski definition) is 1. The van der Waals surface area contributed by atoms with Crippen molar-refractivity contribution in [3.05, 3.63) is 59.2 Å². The Hall–Kier alpha value is -3.40. The van der Waals surface area contributed by atoms with Gasteiger partial charge < -0.3 is 10.2 Å². The number of piperazine rings is 1. The fourth-order valence-electron chi connectivity index (χ4n) is 4.65. The van der Waals surface area contributed by atoms with Crippen molar-refractivity contribution in [1.82, 2.24) is 9.80 Å². The molecule has 186 valence electrons. The second-order valence-electron chi connectivity index (χ2n) is 9.04. The van der Waals surface area contributed by atoms with Crippen molar-refractivity contribution >= 4 is 29.1 Å². The van der Waals surface area contributed by atoms with Crippen LogP contribution in [-0.2, 0) is 9.59 Å². The summed E-state index contributed by atoms with van der Waals surface area (Å²) in [7, 11) is 0. The van der Waals surface area contributed by atoms with Crippen LogP contribution in [0.5, 0.6) is 0 Å². The van der Waals surface area contributed by atoms with Crippen LogP contribution in [0.25, 0.3) is 0 Å². The van der Waals surface area contributed by atoms with E-state index in [0.29, 0.717) is 36.6 Å². The molecule has 0 aliphatic carbocycles. The quantitative estimate of drug-likeness (QED) is 0.719. The van der Waals surface area contributed by atoms with E-state index in [-0.39, 0.29) is 23.8 Å². The van der Waals surface area contributed by atoms with Gasteiger partial charge in [-0.05, 0) is 38.1 Å². The van der Waals surface area contributed by atoms with E-state index >= 15 is 0 Å². The first-order valence-electron chi connectivity index (χ1n) is 11.4. The molecule has 7 nitrogen and oxygen atoms in total. The van der Waals surface area contributed by atoms with Gasteiger partial charge in [-0.3, -0.25) is 24.2 Å². The summed E-state index contributed by atoms with van der Waals surface area (Å²) in [5.41, 5.74) is 2.76. The normalized spacial score (nSPS) is 19.1.